The van der Waals surface area contributed by atoms with Crippen LogP contribution in [-0.2, 0) is 10.7 Å². The van der Waals surface area contributed by atoms with E-state index in [0.717, 1.165) is 12.3 Å². The van der Waals surface area contributed by atoms with Crippen molar-refractivity contribution in [2.24, 2.45) is 0 Å². The fourth-order valence-corrected chi connectivity index (χ4v) is 0.962. The first-order valence-corrected chi connectivity index (χ1v) is 5.11. The van der Waals surface area contributed by atoms with Crippen molar-refractivity contribution >= 4 is 15.9 Å². The topological polar surface area (TPSA) is 38.9 Å². The van der Waals surface area contributed by atoms with Crippen molar-refractivity contribution < 1.29 is 4.52 Å². The lowest BCUT2D eigenvalue weighted by Gasteiger charge is -2.15. The number of aromatic nitrogens is 2. The van der Waals surface area contributed by atoms with Gasteiger partial charge in [-0.25, -0.2) is 0 Å². The van der Waals surface area contributed by atoms with E-state index in [9.17, 15) is 0 Å². The van der Waals surface area contributed by atoms with E-state index in [1.807, 2.05) is 0 Å². The predicted molar refractivity (Wildman–Crippen MR) is 50.2 cm³/mol. The molecule has 1 heterocycles. The van der Waals surface area contributed by atoms with Gasteiger partial charge < -0.3 is 4.52 Å². The lowest BCUT2D eigenvalue weighted by molar-refractivity contribution is 0.300. The molecule has 0 fully saturated rings. The first-order valence-electron chi connectivity index (χ1n) is 3.99. The van der Waals surface area contributed by atoms with Gasteiger partial charge in [-0.1, -0.05) is 41.9 Å². The van der Waals surface area contributed by atoms with Crippen molar-refractivity contribution in [2.75, 3.05) is 0 Å². The summed E-state index contributed by atoms with van der Waals surface area (Å²) in [6, 6.07) is 0. The Hall–Kier alpha value is -0.380. The second-order valence-electron chi connectivity index (χ2n) is 3.39. The molecule has 12 heavy (non-hydrogen) atoms. The summed E-state index contributed by atoms with van der Waals surface area (Å²) in [4.78, 5) is 4.25. The van der Waals surface area contributed by atoms with E-state index in [0.29, 0.717) is 11.2 Å². The summed E-state index contributed by atoms with van der Waals surface area (Å²) in [5.74, 6) is 1.44. The highest BCUT2D eigenvalue weighted by molar-refractivity contribution is 9.08. The maximum Gasteiger partial charge on any atom is 0.232 e. The SMILES string of the molecule is CCC(C)(C)c1nc(CBr)no1. The largest absolute Gasteiger partial charge is 0.339 e. The van der Waals surface area contributed by atoms with Gasteiger partial charge in [-0.2, -0.15) is 4.98 Å². The molecule has 0 saturated carbocycles. The number of hydrogen-bond acceptors (Lipinski definition) is 3. The van der Waals surface area contributed by atoms with Crippen LogP contribution in [0.2, 0.25) is 0 Å². The molecular weight excluding hydrogens is 220 g/mol. The molecule has 0 saturated heterocycles. The van der Waals surface area contributed by atoms with Crippen LogP contribution < -0.4 is 0 Å². The van der Waals surface area contributed by atoms with Crippen LogP contribution in [0.4, 0.5) is 0 Å². The number of rotatable bonds is 3. The van der Waals surface area contributed by atoms with Crippen molar-refractivity contribution in [3.8, 4) is 0 Å². The zero-order valence-electron chi connectivity index (χ0n) is 7.59. The van der Waals surface area contributed by atoms with Gasteiger partial charge in [0.2, 0.25) is 5.89 Å². The minimum atomic E-state index is -0.00653. The van der Waals surface area contributed by atoms with Gasteiger partial charge in [0.05, 0.1) is 5.33 Å². The first-order chi connectivity index (χ1) is 5.60. The Morgan fingerprint density at radius 2 is 2.17 bits per heavy atom. The van der Waals surface area contributed by atoms with Crippen molar-refractivity contribution in [3.05, 3.63) is 11.7 Å². The Morgan fingerprint density at radius 3 is 2.58 bits per heavy atom. The fraction of sp³-hybridized carbons (Fsp3) is 0.750. The molecule has 0 spiro atoms. The van der Waals surface area contributed by atoms with Crippen molar-refractivity contribution in [3.63, 3.8) is 0 Å². The van der Waals surface area contributed by atoms with Crippen LogP contribution in [0.25, 0.3) is 0 Å². The Bertz CT molecular complexity index is 257. The average Bonchev–Trinajstić information content (AvgIpc) is 2.52. The molecule has 1 aromatic rings. The second-order valence-corrected chi connectivity index (χ2v) is 3.95. The second kappa shape index (κ2) is 3.56. The molecule has 1 aromatic heterocycles. The molecule has 0 radical (unpaired) electrons. The molecule has 0 bridgehead atoms. The third-order valence-corrected chi connectivity index (χ3v) is 2.55. The minimum Gasteiger partial charge on any atom is -0.339 e. The standard InChI is InChI=1S/C8H13BrN2O/c1-4-8(2,3)7-10-6(5-9)11-12-7/h4-5H2,1-3H3. The summed E-state index contributed by atoms with van der Waals surface area (Å²) in [6.45, 7) is 6.30. The van der Waals surface area contributed by atoms with E-state index >= 15 is 0 Å². The Labute approximate surface area is 80.7 Å². The van der Waals surface area contributed by atoms with Crippen LogP contribution in [-0.4, -0.2) is 10.1 Å². The lowest BCUT2D eigenvalue weighted by Crippen LogP contribution is -2.15. The average molecular weight is 233 g/mol. The van der Waals surface area contributed by atoms with Crippen molar-refractivity contribution in [1.29, 1.82) is 0 Å². The van der Waals surface area contributed by atoms with Gasteiger partial charge in [-0.05, 0) is 6.42 Å². The van der Waals surface area contributed by atoms with E-state index in [2.05, 4.69) is 46.8 Å². The summed E-state index contributed by atoms with van der Waals surface area (Å²) < 4.78 is 5.12. The predicted octanol–water partition coefficient (Wildman–Crippen LogP) is 2.65. The Kier molecular flexibility index (Phi) is 2.88. The third-order valence-electron chi connectivity index (χ3n) is 2.05. The number of nitrogens with zero attached hydrogens (tertiary/aromatic N) is 2. The Morgan fingerprint density at radius 1 is 1.50 bits per heavy atom. The van der Waals surface area contributed by atoms with Gasteiger partial charge >= 0.3 is 0 Å². The van der Waals surface area contributed by atoms with Gasteiger partial charge in [-0.3, -0.25) is 0 Å². The maximum absolute atomic E-state index is 5.12. The Balaban J connectivity index is 2.88. The van der Waals surface area contributed by atoms with Crippen LogP contribution in [0, 0.1) is 0 Å². The lowest BCUT2D eigenvalue weighted by atomic mass is 9.90. The van der Waals surface area contributed by atoms with E-state index in [1.54, 1.807) is 0 Å². The van der Waals surface area contributed by atoms with Crippen molar-refractivity contribution in [1.82, 2.24) is 10.1 Å². The van der Waals surface area contributed by atoms with Gasteiger partial charge in [0.25, 0.3) is 0 Å². The van der Waals surface area contributed by atoms with Gasteiger partial charge in [0, 0.05) is 5.41 Å². The van der Waals surface area contributed by atoms with E-state index in [-0.39, 0.29) is 5.41 Å². The van der Waals surface area contributed by atoms with Crippen LogP contribution in [0.15, 0.2) is 4.52 Å². The zero-order chi connectivity index (χ0) is 9.19. The fourth-order valence-electron chi connectivity index (χ4n) is 0.734. The number of halogens is 1. The van der Waals surface area contributed by atoms with Crippen LogP contribution >= 0.6 is 15.9 Å². The quantitative estimate of drug-likeness (QED) is 0.753. The molecule has 0 amide bonds. The molecule has 0 atom stereocenters. The highest BCUT2D eigenvalue weighted by Gasteiger charge is 2.24. The molecule has 0 unspecified atom stereocenters. The molecule has 1 rings (SSSR count). The van der Waals surface area contributed by atoms with Gasteiger partial charge in [0.15, 0.2) is 5.82 Å². The van der Waals surface area contributed by atoms with Gasteiger partial charge in [-0.15, -0.1) is 0 Å². The smallest absolute Gasteiger partial charge is 0.232 e. The monoisotopic (exact) mass is 232 g/mol. The zero-order valence-corrected chi connectivity index (χ0v) is 9.18. The summed E-state index contributed by atoms with van der Waals surface area (Å²) in [6.07, 6.45) is 0.997. The molecule has 0 aliphatic rings. The van der Waals surface area contributed by atoms with Crippen LogP contribution in [0.5, 0.6) is 0 Å². The molecule has 0 aliphatic carbocycles. The van der Waals surface area contributed by atoms with Crippen LogP contribution in [0.3, 0.4) is 0 Å². The highest BCUT2D eigenvalue weighted by atomic mass is 79.9. The van der Waals surface area contributed by atoms with E-state index < -0.39 is 0 Å². The molecule has 4 heteroatoms. The molecule has 68 valence electrons. The number of alkyl halides is 1. The summed E-state index contributed by atoms with van der Waals surface area (Å²) >= 11 is 3.27. The third kappa shape index (κ3) is 1.86. The van der Waals surface area contributed by atoms with E-state index in [1.165, 1.54) is 0 Å². The summed E-state index contributed by atoms with van der Waals surface area (Å²) in [5, 5.41) is 4.47. The minimum absolute atomic E-state index is 0.00653. The van der Waals surface area contributed by atoms with Crippen molar-refractivity contribution in [2.45, 2.75) is 37.9 Å². The summed E-state index contributed by atoms with van der Waals surface area (Å²) in [7, 11) is 0. The first kappa shape index (κ1) is 9.71. The molecular formula is C8H13BrN2O. The van der Waals surface area contributed by atoms with E-state index in [4.69, 9.17) is 4.52 Å². The maximum atomic E-state index is 5.12. The normalized spacial score (nSPS) is 12.0. The molecule has 0 aromatic carbocycles. The highest BCUT2D eigenvalue weighted by Crippen LogP contribution is 2.24. The molecule has 0 N–H and O–H groups in total. The van der Waals surface area contributed by atoms with Gasteiger partial charge in [0.1, 0.15) is 0 Å². The summed E-state index contributed by atoms with van der Waals surface area (Å²) in [5.41, 5.74) is -0.00653. The molecule has 3 nitrogen and oxygen atoms in total. The van der Waals surface area contributed by atoms with Crippen LogP contribution in [0.1, 0.15) is 38.9 Å². The molecule has 0 aliphatic heterocycles. The number of hydrogen-bond donors (Lipinski definition) is 0.